The molecule has 5 rings (SSSR count). The maximum atomic E-state index is 13.1. The van der Waals surface area contributed by atoms with Gasteiger partial charge in [0.05, 0.1) is 28.6 Å². The lowest BCUT2D eigenvalue weighted by Crippen LogP contribution is -2.38. The van der Waals surface area contributed by atoms with Gasteiger partial charge < -0.3 is 9.88 Å². The maximum Gasteiger partial charge on any atom is 0.416 e. The second-order valence-electron chi connectivity index (χ2n) is 8.23. The molecular formula is C25H21F3N4O. The van der Waals surface area contributed by atoms with Crippen LogP contribution < -0.4 is 0 Å². The number of imidazole rings is 1. The monoisotopic (exact) mass is 450 g/mol. The first-order chi connectivity index (χ1) is 15.9. The van der Waals surface area contributed by atoms with E-state index in [1.165, 1.54) is 6.07 Å². The number of aromatic nitrogens is 3. The van der Waals surface area contributed by atoms with Crippen molar-refractivity contribution in [2.24, 2.45) is 0 Å². The molecular weight excluding hydrogens is 429 g/mol. The fourth-order valence-corrected chi connectivity index (χ4v) is 4.32. The molecule has 5 nitrogen and oxygen atoms in total. The Morgan fingerprint density at radius 1 is 1.00 bits per heavy atom. The average molecular weight is 450 g/mol. The van der Waals surface area contributed by atoms with Gasteiger partial charge in [0.25, 0.3) is 5.91 Å². The lowest BCUT2D eigenvalue weighted by Gasteiger charge is -2.32. The topological polar surface area (TPSA) is 61.9 Å². The molecule has 0 saturated carbocycles. The number of likely N-dealkylation sites (tertiary alicyclic amines) is 1. The Labute approximate surface area is 188 Å². The van der Waals surface area contributed by atoms with Gasteiger partial charge in [-0.1, -0.05) is 18.2 Å². The quantitative estimate of drug-likeness (QED) is 0.438. The Morgan fingerprint density at radius 2 is 1.79 bits per heavy atom. The van der Waals surface area contributed by atoms with Crippen molar-refractivity contribution < 1.29 is 18.0 Å². The number of alkyl halides is 3. The lowest BCUT2D eigenvalue weighted by atomic mass is 9.92. The highest BCUT2D eigenvalue weighted by Gasteiger charge is 2.31. The van der Waals surface area contributed by atoms with Crippen LogP contribution in [0.3, 0.4) is 0 Å². The molecule has 2 aromatic heterocycles. The molecule has 3 heterocycles. The van der Waals surface area contributed by atoms with E-state index in [1.807, 2.05) is 29.2 Å². The fraction of sp³-hybridized carbons (Fsp3) is 0.240. The van der Waals surface area contributed by atoms with Crippen molar-refractivity contribution in [1.82, 2.24) is 19.9 Å². The molecule has 0 radical (unpaired) electrons. The van der Waals surface area contributed by atoms with Gasteiger partial charge in [-0.25, -0.2) is 4.98 Å². The zero-order chi connectivity index (χ0) is 23.0. The minimum Gasteiger partial charge on any atom is -0.345 e. The van der Waals surface area contributed by atoms with Crippen LogP contribution in [0.25, 0.3) is 22.3 Å². The average Bonchev–Trinajstić information content (AvgIpc) is 3.31. The van der Waals surface area contributed by atoms with Crippen LogP contribution in [0.4, 0.5) is 13.2 Å². The third kappa shape index (κ3) is 4.33. The number of pyridine rings is 1. The highest BCUT2D eigenvalue weighted by Crippen LogP contribution is 2.33. The number of amides is 1. The molecule has 33 heavy (non-hydrogen) atoms. The lowest BCUT2D eigenvalue weighted by molar-refractivity contribution is -0.137. The molecule has 0 unspecified atom stereocenters. The predicted octanol–water partition coefficient (Wildman–Crippen LogP) is 5.66. The zero-order valence-electron chi connectivity index (χ0n) is 17.6. The number of nitrogens with one attached hydrogen (secondary N) is 1. The van der Waals surface area contributed by atoms with Crippen molar-refractivity contribution >= 4 is 16.9 Å². The number of benzene rings is 2. The van der Waals surface area contributed by atoms with Gasteiger partial charge in [-0.3, -0.25) is 9.78 Å². The van der Waals surface area contributed by atoms with Gasteiger partial charge in [-0.15, -0.1) is 0 Å². The van der Waals surface area contributed by atoms with Crippen LogP contribution in [0, 0.1) is 0 Å². The van der Waals surface area contributed by atoms with E-state index in [4.69, 9.17) is 0 Å². The van der Waals surface area contributed by atoms with E-state index in [1.54, 1.807) is 24.5 Å². The molecule has 0 atom stereocenters. The van der Waals surface area contributed by atoms with Crippen molar-refractivity contribution in [1.29, 1.82) is 0 Å². The van der Waals surface area contributed by atoms with Crippen LogP contribution in [0.2, 0.25) is 0 Å². The number of rotatable bonds is 3. The molecule has 1 aliphatic heterocycles. The summed E-state index contributed by atoms with van der Waals surface area (Å²) in [7, 11) is 0. The number of hydrogen-bond acceptors (Lipinski definition) is 3. The summed E-state index contributed by atoms with van der Waals surface area (Å²) in [4.78, 5) is 26.6. The first kappa shape index (κ1) is 21.2. The van der Waals surface area contributed by atoms with Crippen molar-refractivity contribution in [3.63, 3.8) is 0 Å². The molecule has 1 fully saturated rings. The summed E-state index contributed by atoms with van der Waals surface area (Å²) in [6.45, 7) is 1.19. The van der Waals surface area contributed by atoms with E-state index in [-0.39, 0.29) is 11.8 Å². The second-order valence-corrected chi connectivity index (χ2v) is 8.23. The standard InChI is InChI=1S/C25H21F3N4O/c26-25(27,28)19-4-1-3-17(13-19)21-6-2-5-20(31-21)16-9-11-32(12-10-16)24(33)18-7-8-22-23(14-18)30-15-29-22/h1-8,13-16H,9-12H2,(H,29,30). The van der Waals surface area contributed by atoms with Crippen LogP contribution >= 0.6 is 0 Å². The molecule has 8 heteroatoms. The number of carbonyl (C=O) groups excluding carboxylic acids is 1. The normalized spacial score (nSPS) is 15.2. The molecule has 1 saturated heterocycles. The van der Waals surface area contributed by atoms with E-state index in [2.05, 4.69) is 15.0 Å². The number of aromatic amines is 1. The summed E-state index contributed by atoms with van der Waals surface area (Å²) < 4.78 is 39.2. The van der Waals surface area contributed by atoms with Gasteiger partial charge in [0.15, 0.2) is 0 Å². The van der Waals surface area contributed by atoms with Crippen LogP contribution in [-0.2, 0) is 6.18 Å². The SMILES string of the molecule is O=C(c1ccc2nc[nH]c2c1)N1CCC(c2cccc(-c3cccc(C(F)(F)F)c3)n2)CC1. The van der Waals surface area contributed by atoms with Crippen molar-refractivity contribution in [3.05, 3.63) is 83.8 Å². The van der Waals surface area contributed by atoms with Gasteiger partial charge >= 0.3 is 6.18 Å². The number of halogens is 3. The van der Waals surface area contributed by atoms with Crippen LogP contribution in [0.15, 0.2) is 67.0 Å². The highest BCUT2D eigenvalue weighted by atomic mass is 19.4. The third-order valence-electron chi connectivity index (χ3n) is 6.12. The number of hydrogen-bond donors (Lipinski definition) is 1. The van der Waals surface area contributed by atoms with E-state index in [9.17, 15) is 18.0 Å². The Bertz CT molecular complexity index is 1310. The fourth-order valence-electron chi connectivity index (χ4n) is 4.32. The number of carbonyl (C=O) groups is 1. The molecule has 0 spiro atoms. The minimum absolute atomic E-state index is 0.0179. The maximum absolute atomic E-state index is 13.1. The zero-order valence-corrected chi connectivity index (χ0v) is 17.6. The molecule has 0 aliphatic carbocycles. The van der Waals surface area contributed by atoms with Gasteiger partial charge in [0, 0.05) is 35.8 Å². The summed E-state index contributed by atoms with van der Waals surface area (Å²) in [6.07, 6.45) is -1.30. The van der Waals surface area contributed by atoms with Crippen molar-refractivity contribution in [2.45, 2.75) is 24.9 Å². The van der Waals surface area contributed by atoms with Gasteiger partial charge in [0.1, 0.15) is 0 Å². The molecule has 4 aromatic rings. The first-order valence-corrected chi connectivity index (χ1v) is 10.8. The number of nitrogens with zero attached hydrogens (tertiary/aromatic N) is 3. The summed E-state index contributed by atoms with van der Waals surface area (Å²) in [5.41, 5.74) is 3.37. The Morgan fingerprint density at radius 3 is 2.58 bits per heavy atom. The van der Waals surface area contributed by atoms with E-state index in [0.29, 0.717) is 29.9 Å². The van der Waals surface area contributed by atoms with Crippen molar-refractivity contribution in [3.8, 4) is 11.3 Å². The summed E-state index contributed by atoms with van der Waals surface area (Å²) in [6, 6.07) is 16.1. The van der Waals surface area contributed by atoms with E-state index < -0.39 is 11.7 Å². The number of fused-ring (bicyclic) bond motifs is 1. The van der Waals surface area contributed by atoms with Crippen LogP contribution in [0.5, 0.6) is 0 Å². The van der Waals surface area contributed by atoms with Gasteiger partial charge in [-0.2, -0.15) is 13.2 Å². The Hall–Kier alpha value is -3.68. The number of H-pyrrole nitrogens is 1. The molecule has 1 aliphatic rings. The molecule has 1 N–H and O–H groups in total. The smallest absolute Gasteiger partial charge is 0.345 e. The molecule has 0 bridgehead atoms. The predicted molar refractivity (Wildman–Crippen MR) is 119 cm³/mol. The van der Waals surface area contributed by atoms with Crippen LogP contribution in [-0.4, -0.2) is 38.8 Å². The highest BCUT2D eigenvalue weighted by molar-refractivity contribution is 5.97. The molecule has 168 valence electrons. The largest absolute Gasteiger partial charge is 0.416 e. The Balaban J connectivity index is 1.29. The van der Waals surface area contributed by atoms with Crippen molar-refractivity contribution in [2.75, 3.05) is 13.1 Å². The summed E-state index contributed by atoms with van der Waals surface area (Å²) in [5, 5.41) is 0. The second kappa shape index (κ2) is 8.35. The minimum atomic E-state index is -4.39. The van der Waals surface area contributed by atoms with Crippen LogP contribution in [0.1, 0.15) is 40.4 Å². The van der Waals surface area contributed by atoms with E-state index >= 15 is 0 Å². The summed E-state index contributed by atoms with van der Waals surface area (Å²) >= 11 is 0. The molecule has 1 amide bonds. The van der Waals surface area contributed by atoms with Gasteiger partial charge in [0.2, 0.25) is 0 Å². The summed E-state index contributed by atoms with van der Waals surface area (Å²) in [5.74, 6) is 0.130. The number of piperidine rings is 1. The molecule has 2 aromatic carbocycles. The van der Waals surface area contributed by atoms with Gasteiger partial charge in [-0.05, 0) is 55.3 Å². The first-order valence-electron chi connectivity index (χ1n) is 10.8. The van der Waals surface area contributed by atoms with E-state index in [0.717, 1.165) is 41.7 Å². The Kier molecular flexibility index (Phi) is 5.36. The third-order valence-corrected chi connectivity index (χ3v) is 6.12.